The number of anilines is 3. The van der Waals surface area contributed by atoms with Crippen molar-refractivity contribution in [1.82, 2.24) is 9.13 Å². The van der Waals surface area contributed by atoms with E-state index in [1.807, 2.05) is 0 Å². The van der Waals surface area contributed by atoms with Crippen molar-refractivity contribution in [2.45, 2.75) is 0 Å². The van der Waals surface area contributed by atoms with Crippen LogP contribution in [0.3, 0.4) is 0 Å². The summed E-state index contributed by atoms with van der Waals surface area (Å²) in [6.07, 6.45) is 0. The van der Waals surface area contributed by atoms with E-state index in [2.05, 4.69) is 196 Å². The molecule has 8 aromatic carbocycles. The van der Waals surface area contributed by atoms with Crippen LogP contribution in [0.2, 0.25) is 0 Å². The summed E-state index contributed by atoms with van der Waals surface area (Å²) < 4.78 is 5.06. The molecule has 12 rings (SSSR count). The molecule has 52 heavy (non-hydrogen) atoms. The van der Waals surface area contributed by atoms with Crippen LogP contribution < -0.4 is 21.3 Å². The Balaban J connectivity index is 1.22. The van der Waals surface area contributed by atoms with Crippen LogP contribution in [0.1, 0.15) is 0 Å². The van der Waals surface area contributed by atoms with E-state index >= 15 is 0 Å². The SMILES string of the molecule is c1ccc(-c2cccc(-n3c4ccccc4c4c3ccc3c5cccc6c5n(c34)-c3cccc4c3B6c3ccccc3N4c3ccccc3)c2)cc1. The molecule has 0 aliphatic carbocycles. The van der Waals surface area contributed by atoms with Crippen LogP contribution in [0, 0.1) is 0 Å². The lowest BCUT2D eigenvalue weighted by molar-refractivity contribution is 1.17. The summed E-state index contributed by atoms with van der Waals surface area (Å²) in [4.78, 5) is 2.46. The zero-order chi connectivity index (χ0) is 33.9. The maximum atomic E-state index is 2.60. The monoisotopic (exact) mass is 659 g/mol. The zero-order valence-corrected chi connectivity index (χ0v) is 28.2. The summed E-state index contributed by atoms with van der Waals surface area (Å²) in [5.74, 6) is 0. The Morgan fingerprint density at radius 2 is 1.00 bits per heavy atom. The van der Waals surface area contributed by atoms with Gasteiger partial charge in [-0.05, 0) is 82.1 Å². The van der Waals surface area contributed by atoms with Crippen molar-refractivity contribution in [2.24, 2.45) is 0 Å². The minimum Gasteiger partial charge on any atom is -0.311 e. The number of hydrogen-bond donors (Lipinski definition) is 0. The molecule has 4 heterocycles. The topological polar surface area (TPSA) is 13.1 Å². The van der Waals surface area contributed by atoms with Crippen molar-refractivity contribution >= 4 is 83.8 Å². The van der Waals surface area contributed by atoms with Crippen LogP contribution in [0.4, 0.5) is 17.1 Å². The molecule has 2 aliphatic heterocycles. The standard InChI is InChI=1S/C48H30BN3/c1-3-14-31(15-4-1)32-16-11-19-34(30-32)51-40-24-9-7-20-37(40)45-42(51)29-28-36-35-21-12-23-39-47(35)52(48(36)45)44-27-13-26-43-46(44)49(39)38-22-8-10-25-41(38)50(43)33-17-5-2-6-18-33/h1-30H. The third kappa shape index (κ3) is 3.60. The maximum Gasteiger partial charge on any atom is 0.252 e. The zero-order valence-electron chi connectivity index (χ0n) is 28.2. The third-order valence-corrected chi connectivity index (χ3v) is 11.5. The van der Waals surface area contributed by atoms with Crippen molar-refractivity contribution in [3.8, 4) is 22.5 Å². The van der Waals surface area contributed by atoms with Gasteiger partial charge in [0.1, 0.15) is 0 Å². The van der Waals surface area contributed by atoms with E-state index < -0.39 is 0 Å². The first-order valence-electron chi connectivity index (χ1n) is 18.1. The number of aromatic nitrogens is 2. The van der Waals surface area contributed by atoms with Gasteiger partial charge in [0, 0.05) is 55.5 Å². The van der Waals surface area contributed by atoms with Crippen molar-refractivity contribution < 1.29 is 0 Å². The van der Waals surface area contributed by atoms with Gasteiger partial charge in [-0.15, -0.1) is 0 Å². The van der Waals surface area contributed by atoms with Gasteiger partial charge in [-0.25, -0.2) is 0 Å². The lowest BCUT2D eigenvalue weighted by Crippen LogP contribution is -2.60. The van der Waals surface area contributed by atoms with E-state index in [9.17, 15) is 0 Å². The van der Waals surface area contributed by atoms with Crippen LogP contribution in [0.5, 0.6) is 0 Å². The number of rotatable bonds is 3. The smallest absolute Gasteiger partial charge is 0.252 e. The highest BCUT2D eigenvalue weighted by Gasteiger charge is 2.41. The summed E-state index contributed by atoms with van der Waals surface area (Å²) in [7, 11) is 0. The fourth-order valence-electron chi connectivity index (χ4n) is 9.46. The second kappa shape index (κ2) is 10.4. The molecular weight excluding hydrogens is 629 g/mol. The maximum absolute atomic E-state index is 2.60. The van der Waals surface area contributed by atoms with Crippen LogP contribution in [-0.4, -0.2) is 15.8 Å². The minimum absolute atomic E-state index is 0.125. The summed E-state index contributed by atoms with van der Waals surface area (Å²) in [6.45, 7) is 0.125. The van der Waals surface area contributed by atoms with Crippen LogP contribution in [-0.2, 0) is 0 Å². The first-order chi connectivity index (χ1) is 25.8. The van der Waals surface area contributed by atoms with Crippen LogP contribution in [0.25, 0.3) is 66.1 Å². The molecule has 0 saturated carbocycles. The lowest BCUT2D eigenvalue weighted by atomic mass is 9.34. The molecule has 0 atom stereocenters. The van der Waals surface area contributed by atoms with Gasteiger partial charge in [-0.1, -0.05) is 127 Å². The quantitative estimate of drug-likeness (QED) is 0.172. The summed E-state index contributed by atoms with van der Waals surface area (Å²) >= 11 is 0. The molecule has 0 N–H and O–H groups in total. The van der Waals surface area contributed by atoms with E-state index in [-0.39, 0.29) is 6.71 Å². The van der Waals surface area contributed by atoms with Crippen molar-refractivity contribution in [2.75, 3.05) is 4.90 Å². The number of fused-ring (bicyclic) bond motifs is 11. The highest BCUT2D eigenvalue weighted by atomic mass is 15.2. The Kier molecular flexibility index (Phi) is 5.58. The summed E-state index contributed by atoms with van der Waals surface area (Å²) in [6, 6.07) is 67.0. The second-order valence-corrected chi connectivity index (χ2v) is 14.1. The Bertz CT molecular complexity index is 3080. The molecule has 10 aromatic rings. The second-order valence-electron chi connectivity index (χ2n) is 14.1. The molecule has 0 saturated heterocycles. The average molecular weight is 660 g/mol. The normalized spacial score (nSPS) is 12.9. The Hall–Kier alpha value is -6.78. The largest absolute Gasteiger partial charge is 0.311 e. The predicted molar refractivity (Wildman–Crippen MR) is 220 cm³/mol. The number of nitrogens with zero attached hydrogens (tertiary/aromatic N) is 3. The van der Waals surface area contributed by atoms with Gasteiger partial charge in [0.15, 0.2) is 0 Å². The van der Waals surface area contributed by atoms with Gasteiger partial charge >= 0.3 is 0 Å². The van der Waals surface area contributed by atoms with Gasteiger partial charge in [0.2, 0.25) is 0 Å². The first-order valence-corrected chi connectivity index (χ1v) is 18.1. The molecule has 2 aromatic heterocycles. The van der Waals surface area contributed by atoms with Crippen molar-refractivity contribution in [3.63, 3.8) is 0 Å². The fourth-order valence-corrected chi connectivity index (χ4v) is 9.46. The van der Waals surface area contributed by atoms with Gasteiger partial charge in [-0.2, -0.15) is 0 Å². The third-order valence-electron chi connectivity index (χ3n) is 11.5. The van der Waals surface area contributed by atoms with E-state index in [1.54, 1.807) is 0 Å². The Morgan fingerprint density at radius 3 is 1.90 bits per heavy atom. The molecule has 0 bridgehead atoms. The Labute approximate surface area is 301 Å². The predicted octanol–water partition coefficient (Wildman–Crippen LogP) is 10.2. The number of benzene rings is 8. The summed E-state index contributed by atoms with van der Waals surface area (Å²) in [5.41, 5.74) is 17.6. The van der Waals surface area contributed by atoms with Crippen LogP contribution >= 0.6 is 0 Å². The highest BCUT2D eigenvalue weighted by molar-refractivity contribution is 7.00. The fraction of sp³-hybridized carbons (Fsp3) is 0. The molecule has 4 heteroatoms. The van der Waals surface area contributed by atoms with E-state index in [0.29, 0.717) is 0 Å². The molecule has 0 fully saturated rings. The number of para-hydroxylation sites is 4. The van der Waals surface area contributed by atoms with E-state index in [4.69, 9.17) is 0 Å². The van der Waals surface area contributed by atoms with Crippen molar-refractivity contribution in [1.29, 1.82) is 0 Å². The minimum atomic E-state index is 0.125. The molecule has 2 aliphatic rings. The molecule has 240 valence electrons. The average Bonchev–Trinajstić information content (AvgIpc) is 3.74. The molecule has 0 spiro atoms. The molecule has 0 unspecified atom stereocenters. The van der Waals surface area contributed by atoms with Gasteiger partial charge < -0.3 is 14.0 Å². The van der Waals surface area contributed by atoms with Gasteiger partial charge in [-0.3, -0.25) is 0 Å². The van der Waals surface area contributed by atoms with Gasteiger partial charge in [0.25, 0.3) is 6.71 Å². The molecular formula is C48H30BN3. The van der Waals surface area contributed by atoms with Crippen LogP contribution in [0.15, 0.2) is 182 Å². The van der Waals surface area contributed by atoms with Crippen molar-refractivity contribution in [3.05, 3.63) is 182 Å². The lowest BCUT2D eigenvalue weighted by Gasteiger charge is -2.40. The van der Waals surface area contributed by atoms with E-state index in [0.717, 1.165) is 5.69 Å². The number of hydrogen-bond acceptors (Lipinski definition) is 1. The van der Waals surface area contributed by atoms with Gasteiger partial charge in [0.05, 0.1) is 16.6 Å². The first kappa shape index (κ1) is 28.0. The highest BCUT2D eigenvalue weighted by Crippen LogP contribution is 2.45. The molecule has 3 nitrogen and oxygen atoms in total. The summed E-state index contributed by atoms with van der Waals surface area (Å²) in [5, 5.41) is 5.13. The van der Waals surface area contributed by atoms with E-state index in [1.165, 1.54) is 93.9 Å². The molecule has 0 radical (unpaired) electrons. The molecule has 0 amide bonds. The Morgan fingerprint density at radius 1 is 0.365 bits per heavy atom.